The first kappa shape index (κ1) is 10.3. The Morgan fingerprint density at radius 2 is 2.43 bits per heavy atom. The van der Waals surface area contributed by atoms with Crippen LogP contribution in [0, 0.1) is 18.8 Å². The summed E-state index contributed by atoms with van der Waals surface area (Å²) in [5, 5.41) is 2.59. The Bertz CT molecular complexity index is 388. The number of nitrogens with zero attached hydrogens (tertiary/aromatic N) is 1. The van der Waals surface area contributed by atoms with E-state index in [-0.39, 0.29) is 5.91 Å². The topological polar surface area (TPSA) is 42.0 Å². The molecule has 0 aromatic carbocycles. The lowest BCUT2D eigenvalue weighted by atomic mass is 10.2. The molecule has 0 aliphatic carbocycles. The molecule has 0 fully saturated rings. The van der Waals surface area contributed by atoms with Crippen molar-refractivity contribution in [2.45, 2.75) is 13.8 Å². The lowest BCUT2D eigenvalue weighted by Crippen LogP contribution is -2.19. The van der Waals surface area contributed by atoms with Crippen molar-refractivity contribution in [1.82, 2.24) is 10.3 Å². The van der Waals surface area contributed by atoms with Crippen LogP contribution < -0.4 is 5.32 Å². The van der Waals surface area contributed by atoms with Crippen LogP contribution in [0.25, 0.3) is 0 Å². The summed E-state index contributed by atoms with van der Waals surface area (Å²) >= 11 is 0. The summed E-state index contributed by atoms with van der Waals surface area (Å²) in [5.74, 6) is 5.65. The summed E-state index contributed by atoms with van der Waals surface area (Å²) in [6.45, 7) is 3.79. The van der Waals surface area contributed by atoms with E-state index in [1.807, 2.05) is 19.1 Å². The summed E-state index contributed by atoms with van der Waals surface area (Å²) in [7, 11) is 0. The van der Waals surface area contributed by atoms with Crippen LogP contribution in [0.1, 0.15) is 18.2 Å². The maximum Gasteiger partial charge on any atom is 0.217 e. The molecule has 0 saturated carbocycles. The molecule has 3 nitrogen and oxygen atoms in total. The van der Waals surface area contributed by atoms with E-state index >= 15 is 0 Å². The largest absolute Gasteiger partial charge is 0.345 e. The summed E-state index contributed by atoms with van der Waals surface area (Å²) in [6.07, 6.45) is 1.70. The minimum Gasteiger partial charge on any atom is -0.345 e. The van der Waals surface area contributed by atoms with E-state index in [2.05, 4.69) is 22.1 Å². The fourth-order valence-electron chi connectivity index (χ4n) is 0.913. The molecule has 0 saturated heterocycles. The van der Waals surface area contributed by atoms with Gasteiger partial charge in [-0.05, 0) is 24.5 Å². The summed E-state index contributed by atoms with van der Waals surface area (Å²) in [5.41, 5.74) is 1.81. The zero-order chi connectivity index (χ0) is 10.4. The average Bonchev–Trinajstić information content (AvgIpc) is 2.15. The molecule has 0 spiro atoms. The van der Waals surface area contributed by atoms with Crippen molar-refractivity contribution in [1.29, 1.82) is 0 Å². The van der Waals surface area contributed by atoms with Crippen LogP contribution in [0.4, 0.5) is 0 Å². The van der Waals surface area contributed by atoms with Gasteiger partial charge in [0, 0.05) is 13.1 Å². The molecule has 0 aliphatic heterocycles. The maximum atomic E-state index is 10.5. The Hall–Kier alpha value is -1.82. The van der Waals surface area contributed by atoms with Gasteiger partial charge in [-0.25, -0.2) is 4.98 Å². The van der Waals surface area contributed by atoms with Crippen LogP contribution >= 0.6 is 0 Å². The van der Waals surface area contributed by atoms with Gasteiger partial charge in [0.05, 0.1) is 6.54 Å². The highest BCUT2D eigenvalue weighted by molar-refractivity contribution is 5.73. The van der Waals surface area contributed by atoms with Crippen LogP contribution in [0.15, 0.2) is 18.3 Å². The molecule has 1 N–H and O–H groups in total. The van der Waals surface area contributed by atoms with E-state index in [1.54, 1.807) is 6.20 Å². The number of carbonyl (C=O) groups excluding carboxylic acids is 1. The summed E-state index contributed by atoms with van der Waals surface area (Å²) < 4.78 is 0. The molecule has 1 amide bonds. The van der Waals surface area contributed by atoms with Gasteiger partial charge in [-0.2, -0.15) is 0 Å². The van der Waals surface area contributed by atoms with E-state index in [1.165, 1.54) is 6.92 Å². The van der Waals surface area contributed by atoms with E-state index in [0.717, 1.165) is 11.3 Å². The van der Waals surface area contributed by atoms with Crippen molar-refractivity contribution in [3.63, 3.8) is 0 Å². The SMILES string of the molecule is CC(=O)NCC#Cc1ncccc1C. The van der Waals surface area contributed by atoms with E-state index in [4.69, 9.17) is 0 Å². The number of carbonyl (C=O) groups is 1. The summed E-state index contributed by atoms with van der Waals surface area (Å²) in [6, 6.07) is 3.82. The molecule has 1 aromatic rings. The molecule has 0 unspecified atom stereocenters. The normalized spacial score (nSPS) is 8.71. The highest BCUT2D eigenvalue weighted by Crippen LogP contribution is 1.99. The lowest BCUT2D eigenvalue weighted by molar-refractivity contribution is -0.118. The Kier molecular flexibility index (Phi) is 3.69. The molecule has 1 heterocycles. The molecule has 0 radical (unpaired) electrons. The zero-order valence-corrected chi connectivity index (χ0v) is 8.29. The van der Waals surface area contributed by atoms with Gasteiger partial charge < -0.3 is 5.32 Å². The van der Waals surface area contributed by atoms with Gasteiger partial charge in [0.25, 0.3) is 0 Å². The van der Waals surface area contributed by atoms with Crippen molar-refractivity contribution in [2.75, 3.05) is 6.54 Å². The molecule has 0 bridgehead atoms. The molecule has 0 atom stereocenters. The van der Waals surface area contributed by atoms with E-state index in [0.29, 0.717) is 6.54 Å². The average molecular weight is 188 g/mol. The highest BCUT2D eigenvalue weighted by atomic mass is 16.1. The zero-order valence-electron chi connectivity index (χ0n) is 8.29. The number of pyridine rings is 1. The predicted molar refractivity (Wildman–Crippen MR) is 54.5 cm³/mol. The van der Waals surface area contributed by atoms with E-state index < -0.39 is 0 Å². The minimum atomic E-state index is -0.0722. The second-order valence-electron chi connectivity index (χ2n) is 2.88. The van der Waals surface area contributed by atoms with Crippen LogP contribution in [-0.4, -0.2) is 17.4 Å². The molecular weight excluding hydrogens is 176 g/mol. The molecule has 1 aromatic heterocycles. The number of aromatic nitrogens is 1. The fraction of sp³-hybridized carbons (Fsp3) is 0.273. The number of amides is 1. The van der Waals surface area contributed by atoms with Gasteiger partial charge in [0.15, 0.2) is 0 Å². The van der Waals surface area contributed by atoms with E-state index in [9.17, 15) is 4.79 Å². The third-order valence-corrected chi connectivity index (χ3v) is 1.64. The molecular formula is C11H12N2O. The second kappa shape index (κ2) is 5.03. The highest BCUT2D eigenvalue weighted by Gasteiger charge is 1.91. The number of nitrogens with one attached hydrogen (secondary N) is 1. The lowest BCUT2D eigenvalue weighted by Gasteiger charge is -1.94. The molecule has 72 valence electrons. The monoisotopic (exact) mass is 188 g/mol. The first-order chi connectivity index (χ1) is 6.70. The fourth-order valence-corrected chi connectivity index (χ4v) is 0.913. The van der Waals surface area contributed by atoms with Gasteiger partial charge in [-0.1, -0.05) is 12.0 Å². The number of rotatable bonds is 1. The van der Waals surface area contributed by atoms with Crippen LogP contribution in [-0.2, 0) is 4.79 Å². The smallest absolute Gasteiger partial charge is 0.217 e. The Balaban J connectivity index is 2.59. The van der Waals surface area contributed by atoms with Crippen LogP contribution in [0.3, 0.4) is 0 Å². The third-order valence-electron chi connectivity index (χ3n) is 1.64. The van der Waals surface area contributed by atoms with Gasteiger partial charge >= 0.3 is 0 Å². The number of hydrogen-bond acceptors (Lipinski definition) is 2. The van der Waals surface area contributed by atoms with Crippen LogP contribution in [0.5, 0.6) is 0 Å². The first-order valence-electron chi connectivity index (χ1n) is 4.35. The standard InChI is InChI=1S/C11H12N2O/c1-9-5-3-8-13-11(9)6-4-7-12-10(2)14/h3,5,8H,7H2,1-2H3,(H,12,14). The Morgan fingerprint density at radius 1 is 1.64 bits per heavy atom. The van der Waals surface area contributed by atoms with Crippen molar-refractivity contribution in [3.05, 3.63) is 29.6 Å². The minimum absolute atomic E-state index is 0.0722. The molecule has 3 heteroatoms. The van der Waals surface area contributed by atoms with Crippen LogP contribution in [0.2, 0.25) is 0 Å². The van der Waals surface area contributed by atoms with Gasteiger partial charge in [-0.15, -0.1) is 0 Å². The quantitative estimate of drug-likeness (QED) is 0.665. The Labute approximate surface area is 83.6 Å². The van der Waals surface area contributed by atoms with Crippen molar-refractivity contribution in [2.24, 2.45) is 0 Å². The van der Waals surface area contributed by atoms with Crippen molar-refractivity contribution >= 4 is 5.91 Å². The summed E-state index contributed by atoms with van der Waals surface area (Å²) in [4.78, 5) is 14.6. The molecule has 0 aliphatic rings. The molecule has 1 rings (SSSR count). The first-order valence-corrected chi connectivity index (χ1v) is 4.35. The van der Waals surface area contributed by atoms with Crippen molar-refractivity contribution < 1.29 is 4.79 Å². The Morgan fingerprint density at radius 3 is 3.07 bits per heavy atom. The van der Waals surface area contributed by atoms with Gasteiger partial charge in [-0.3, -0.25) is 4.79 Å². The van der Waals surface area contributed by atoms with Crippen molar-refractivity contribution in [3.8, 4) is 11.8 Å². The number of hydrogen-bond donors (Lipinski definition) is 1. The predicted octanol–water partition coefficient (Wildman–Crippen LogP) is 0.878. The second-order valence-corrected chi connectivity index (χ2v) is 2.88. The van der Waals surface area contributed by atoms with Gasteiger partial charge in [0.2, 0.25) is 5.91 Å². The number of aryl methyl sites for hydroxylation is 1. The maximum absolute atomic E-state index is 10.5. The third kappa shape index (κ3) is 3.28. The molecule has 14 heavy (non-hydrogen) atoms. The van der Waals surface area contributed by atoms with Gasteiger partial charge in [0.1, 0.15) is 5.69 Å².